The number of nitrogens with zero attached hydrogens (tertiary/aromatic N) is 2. The maximum Gasteiger partial charge on any atom is 0.134 e. The van der Waals surface area contributed by atoms with Crippen molar-refractivity contribution in [2.45, 2.75) is 6.54 Å². The highest BCUT2D eigenvalue weighted by Gasteiger charge is 2.00. The van der Waals surface area contributed by atoms with E-state index in [1.807, 2.05) is 13.2 Å². The second kappa shape index (κ2) is 4.45. The molecular formula is C11H12ClN3O. The number of nitrogens with one attached hydrogen (secondary N) is 1. The number of rotatable bonds is 3. The minimum absolute atomic E-state index is 0.0913. The van der Waals surface area contributed by atoms with E-state index in [-0.39, 0.29) is 5.75 Å². The average molecular weight is 238 g/mol. The number of phenols is 1. The highest BCUT2D eigenvalue weighted by atomic mass is 35.5. The molecule has 2 rings (SSSR count). The Morgan fingerprint density at radius 3 is 2.94 bits per heavy atom. The van der Waals surface area contributed by atoms with Crippen molar-refractivity contribution in [3.05, 3.63) is 41.2 Å². The second-order valence-corrected chi connectivity index (χ2v) is 3.95. The van der Waals surface area contributed by atoms with Gasteiger partial charge in [-0.2, -0.15) is 5.10 Å². The highest BCUT2D eigenvalue weighted by molar-refractivity contribution is 6.32. The van der Waals surface area contributed by atoms with Gasteiger partial charge in [-0.25, -0.2) is 0 Å². The number of aromatic nitrogens is 2. The summed E-state index contributed by atoms with van der Waals surface area (Å²) in [5, 5.41) is 16.9. The van der Waals surface area contributed by atoms with Crippen molar-refractivity contribution in [1.29, 1.82) is 0 Å². The lowest BCUT2D eigenvalue weighted by Gasteiger charge is -2.05. The summed E-state index contributed by atoms with van der Waals surface area (Å²) in [4.78, 5) is 0. The van der Waals surface area contributed by atoms with Crippen LogP contribution < -0.4 is 5.32 Å². The minimum atomic E-state index is 0.0913. The number of benzene rings is 1. The zero-order valence-electron chi connectivity index (χ0n) is 8.81. The summed E-state index contributed by atoms with van der Waals surface area (Å²) in [6, 6.07) is 5.03. The Morgan fingerprint density at radius 2 is 2.31 bits per heavy atom. The standard InChI is InChI=1S/C11H12ClN3O/c1-15-7-8(6-14-15)5-13-9-2-3-11(16)10(12)4-9/h2-4,6-7,13,16H,5H2,1H3. The second-order valence-electron chi connectivity index (χ2n) is 3.54. The van der Waals surface area contributed by atoms with Gasteiger partial charge in [0.25, 0.3) is 0 Å². The van der Waals surface area contributed by atoms with Gasteiger partial charge in [-0.3, -0.25) is 4.68 Å². The van der Waals surface area contributed by atoms with Gasteiger partial charge in [-0.05, 0) is 18.2 Å². The molecular weight excluding hydrogens is 226 g/mol. The third-order valence-electron chi connectivity index (χ3n) is 2.20. The molecule has 2 aromatic rings. The molecule has 5 heteroatoms. The highest BCUT2D eigenvalue weighted by Crippen LogP contribution is 2.26. The topological polar surface area (TPSA) is 50.1 Å². The SMILES string of the molecule is Cn1cc(CNc2ccc(O)c(Cl)c2)cn1. The van der Waals surface area contributed by atoms with Crippen LogP contribution in [-0.2, 0) is 13.6 Å². The van der Waals surface area contributed by atoms with Crippen LogP contribution in [-0.4, -0.2) is 14.9 Å². The van der Waals surface area contributed by atoms with E-state index in [2.05, 4.69) is 10.4 Å². The molecule has 0 saturated carbocycles. The van der Waals surface area contributed by atoms with Gasteiger partial charge in [0.05, 0.1) is 11.2 Å². The molecule has 0 unspecified atom stereocenters. The lowest BCUT2D eigenvalue weighted by atomic mass is 10.3. The number of aryl methyl sites for hydroxylation is 1. The molecule has 0 aliphatic carbocycles. The molecule has 0 aliphatic heterocycles. The molecule has 0 radical (unpaired) electrons. The lowest BCUT2D eigenvalue weighted by molar-refractivity contribution is 0.475. The van der Waals surface area contributed by atoms with Crippen LogP contribution in [0.4, 0.5) is 5.69 Å². The van der Waals surface area contributed by atoms with Crippen molar-refractivity contribution < 1.29 is 5.11 Å². The van der Waals surface area contributed by atoms with Crippen LogP contribution in [0.3, 0.4) is 0 Å². The van der Waals surface area contributed by atoms with Crippen LogP contribution in [0.1, 0.15) is 5.56 Å². The van der Waals surface area contributed by atoms with E-state index >= 15 is 0 Å². The third kappa shape index (κ3) is 2.46. The van der Waals surface area contributed by atoms with Gasteiger partial charge < -0.3 is 10.4 Å². The van der Waals surface area contributed by atoms with Crippen LogP contribution in [0.15, 0.2) is 30.6 Å². The van der Waals surface area contributed by atoms with E-state index in [9.17, 15) is 5.11 Å². The quantitative estimate of drug-likeness (QED) is 0.806. The molecule has 1 aromatic heterocycles. The number of halogens is 1. The molecule has 0 saturated heterocycles. The molecule has 2 N–H and O–H groups in total. The van der Waals surface area contributed by atoms with Crippen molar-refractivity contribution in [3.63, 3.8) is 0 Å². The van der Waals surface area contributed by atoms with E-state index in [0.29, 0.717) is 11.6 Å². The fourth-order valence-corrected chi connectivity index (χ4v) is 1.56. The first kappa shape index (κ1) is 10.8. The lowest BCUT2D eigenvalue weighted by Crippen LogP contribution is -1.98. The normalized spacial score (nSPS) is 10.4. The third-order valence-corrected chi connectivity index (χ3v) is 2.51. The summed E-state index contributed by atoms with van der Waals surface area (Å²) in [5.74, 6) is 0.0913. The number of hydrogen-bond donors (Lipinski definition) is 2. The fraction of sp³-hybridized carbons (Fsp3) is 0.182. The van der Waals surface area contributed by atoms with Crippen LogP contribution in [0, 0.1) is 0 Å². The molecule has 1 heterocycles. The van der Waals surface area contributed by atoms with Crippen LogP contribution in [0.5, 0.6) is 5.75 Å². The Kier molecular flexibility index (Phi) is 3.01. The van der Waals surface area contributed by atoms with Crippen LogP contribution >= 0.6 is 11.6 Å². The average Bonchev–Trinajstić information content (AvgIpc) is 2.66. The number of hydrogen-bond acceptors (Lipinski definition) is 3. The summed E-state index contributed by atoms with van der Waals surface area (Å²) in [7, 11) is 1.88. The molecule has 0 aliphatic rings. The predicted molar refractivity (Wildman–Crippen MR) is 63.7 cm³/mol. The fourth-order valence-electron chi connectivity index (χ4n) is 1.38. The first-order chi connectivity index (χ1) is 7.65. The van der Waals surface area contributed by atoms with Crippen molar-refractivity contribution >= 4 is 17.3 Å². The van der Waals surface area contributed by atoms with Crippen molar-refractivity contribution in [3.8, 4) is 5.75 Å². The Bertz CT molecular complexity index is 496. The first-order valence-electron chi connectivity index (χ1n) is 4.85. The monoisotopic (exact) mass is 237 g/mol. The Balaban J connectivity index is 2.02. The van der Waals surface area contributed by atoms with Crippen molar-refractivity contribution in [2.75, 3.05) is 5.32 Å². The molecule has 0 bridgehead atoms. The summed E-state index contributed by atoms with van der Waals surface area (Å²) in [5.41, 5.74) is 1.96. The first-order valence-corrected chi connectivity index (χ1v) is 5.23. The molecule has 1 aromatic carbocycles. The molecule has 0 fully saturated rings. The molecule has 16 heavy (non-hydrogen) atoms. The minimum Gasteiger partial charge on any atom is -0.506 e. The Morgan fingerprint density at radius 1 is 1.50 bits per heavy atom. The Hall–Kier alpha value is -1.68. The smallest absolute Gasteiger partial charge is 0.134 e. The summed E-state index contributed by atoms with van der Waals surface area (Å²) in [6.07, 6.45) is 3.74. The molecule has 0 amide bonds. The Labute approximate surface area is 98.5 Å². The molecule has 0 spiro atoms. The van der Waals surface area contributed by atoms with E-state index in [1.54, 1.807) is 29.1 Å². The maximum atomic E-state index is 9.26. The van der Waals surface area contributed by atoms with E-state index in [4.69, 9.17) is 11.6 Å². The zero-order valence-corrected chi connectivity index (χ0v) is 9.57. The van der Waals surface area contributed by atoms with Gasteiger partial charge in [0.1, 0.15) is 5.75 Å². The van der Waals surface area contributed by atoms with E-state index < -0.39 is 0 Å². The van der Waals surface area contributed by atoms with E-state index in [1.165, 1.54) is 0 Å². The van der Waals surface area contributed by atoms with E-state index in [0.717, 1.165) is 11.3 Å². The zero-order chi connectivity index (χ0) is 11.5. The molecule has 84 valence electrons. The van der Waals surface area contributed by atoms with Crippen molar-refractivity contribution in [2.24, 2.45) is 7.05 Å². The van der Waals surface area contributed by atoms with Gasteiger partial charge in [0.2, 0.25) is 0 Å². The maximum absolute atomic E-state index is 9.26. The molecule has 0 atom stereocenters. The van der Waals surface area contributed by atoms with Gasteiger partial charge in [-0.1, -0.05) is 11.6 Å². The predicted octanol–water partition coefficient (Wildman–Crippen LogP) is 2.39. The number of phenolic OH excluding ortho intramolecular Hbond substituents is 1. The van der Waals surface area contributed by atoms with Crippen LogP contribution in [0.25, 0.3) is 0 Å². The summed E-state index contributed by atoms with van der Waals surface area (Å²) in [6.45, 7) is 0.676. The summed E-state index contributed by atoms with van der Waals surface area (Å²) >= 11 is 5.79. The largest absolute Gasteiger partial charge is 0.506 e. The van der Waals surface area contributed by atoms with Gasteiger partial charge in [0, 0.05) is 31.0 Å². The molecule has 4 nitrogen and oxygen atoms in total. The number of aromatic hydroxyl groups is 1. The van der Waals surface area contributed by atoms with Gasteiger partial charge in [-0.15, -0.1) is 0 Å². The van der Waals surface area contributed by atoms with Gasteiger partial charge >= 0.3 is 0 Å². The number of anilines is 1. The van der Waals surface area contributed by atoms with Crippen molar-refractivity contribution in [1.82, 2.24) is 9.78 Å². The van der Waals surface area contributed by atoms with Crippen LogP contribution in [0.2, 0.25) is 5.02 Å². The van der Waals surface area contributed by atoms with Gasteiger partial charge in [0.15, 0.2) is 0 Å². The summed E-state index contributed by atoms with van der Waals surface area (Å²) < 4.78 is 1.75.